The average molecular weight is 557 g/mol. The molecule has 2 heterocycles. The number of rotatable bonds is 8. The minimum absolute atomic E-state index is 0.00366. The second-order valence-corrected chi connectivity index (χ2v) is 9.17. The number of thiocarbonyl (C=S) groups is 1. The second-order valence-electron chi connectivity index (χ2n) is 7.12. The molecule has 0 atom stereocenters. The zero-order chi connectivity index (χ0) is 26.6. The quantitative estimate of drug-likeness (QED) is 0.282. The summed E-state index contributed by atoms with van der Waals surface area (Å²) in [7, 11) is 0. The lowest BCUT2D eigenvalue weighted by molar-refractivity contribution is -0.138. The zero-order valence-corrected chi connectivity index (χ0v) is 20.3. The lowest BCUT2D eigenvalue weighted by atomic mass is 10.1. The molecule has 15 heteroatoms. The number of nitrogens with one attached hydrogen (secondary N) is 3. The fourth-order valence-corrected chi connectivity index (χ4v) is 4.26. The molecule has 0 saturated carbocycles. The highest BCUT2D eigenvalue weighted by Gasteiger charge is 2.33. The van der Waals surface area contributed by atoms with Crippen molar-refractivity contribution >= 4 is 69.7 Å². The van der Waals surface area contributed by atoms with Gasteiger partial charge >= 0.3 is 5.97 Å². The molecular weight excluding hydrogens is 542 g/mol. The first kappa shape index (κ1) is 27.0. The van der Waals surface area contributed by atoms with Crippen LogP contribution >= 0.6 is 35.6 Å². The number of hydrogen-bond donors (Lipinski definition) is 4. The maximum Gasteiger partial charge on any atom is 0.322 e. The fraction of sp³-hybridized carbons (Fsp3) is 0.143. The van der Waals surface area contributed by atoms with Gasteiger partial charge in [-0.3, -0.25) is 28.9 Å². The van der Waals surface area contributed by atoms with Gasteiger partial charge in [0.2, 0.25) is 17.2 Å². The third-order valence-electron chi connectivity index (χ3n) is 4.56. The highest BCUT2D eigenvalue weighted by atomic mass is 35.5. The minimum Gasteiger partial charge on any atom is -0.480 e. The van der Waals surface area contributed by atoms with E-state index in [0.717, 1.165) is 34.9 Å². The van der Waals surface area contributed by atoms with Crippen LogP contribution in [0.15, 0.2) is 34.0 Å². The maximum atomic E-state index is 13.6. The molecule has 3 amide bonds. The summed E-state index contributed by atoms with van der Waals surface area (Å²) in [5, 5.41) is 12.6. The molecule has 188 valence electrons. The fourth-order valence-electron chi connectivity index (χ4n) is 2.86. The van der Waals surface area contributed by atoms with E-state index in [1.807, 2.05) is 0 Å². The molecule has 1 aromatic heterocycles. The molecule has 36 heavy (non-hydrogen) atoms. The van der Waals surface area contributed by atoms with Gasteiger partial charge in [0.1, 0.15) is 22.4 Å². The first-order valence-electron chi connectivity index (χ1n) is 9.85. The number of benzene rings is 1. The number of thioether (sulfide) groups is 1. The summed E-state index contributed by atoms with van der Waals surface area (Å²) in [4.78, 5) is 63.0. The van der Waals surface area contributed by atoms with Gasteiger partial charge in [-0.2, -0.15) is 0 Å². The second kappa shape index (κ2) is 11.4. The monoisotopic (exact) mass is 556 g/mol. The number of hydrogen-bond acceptors (Lipinski definition) is 7. The Hall–Kier alpha value is -3.62. The normalized spacial score (nSPS) is 14.3. The Morgan fingerprint density at radius 3 is 2.47 bits per heavy atom. The van der Waals surface area contributed by atoms with Gasteiger partial charge in [0, 0.05) is 17.3 Å². The summed E-state index contributed by atoms with van der Waals surface area (Å²) in [6.45, 7) is -1.64. The van der Waals surface area contributed by atoms with E-state index in [1.165, 1.54) is 12.1 Å². The van der Waals surface area contributed by atoms with E-state index in [1.54, 1.807) is 0 Å². The Morgan fingerprint density at radius 2 is 1.81 bits per heavy atom. The first-order chi connectivity index (χ1) is 17.0. The van der Waals surface area contributed by atoms with E-state index in [4.69, 9.17) is 28.9 Å². The molecule has 1 aliphatic heterocycles. The van der Waals surface area contributed by atoms with Crippen LogP contribution in [0.1, 0.15) is 5.69 Å². The predicted octanol–water partition coefficient (Wildman–Crippen LogP) is 1.49. The lowest BCUT2D eigenvalue weighted by Crippen LogP contribution is -2.44. The molecule has 10 nitrogen and oxygen atoms in total. The molecule has 3 rings (SSSR count). The number of amides is 3. The van der Waals surface area contributed by atoms with Crippen LogP contribution in [-0.4, -0.2) is 62.6 Å². The molecule has 1 fully saturated rings. The van der Waals surface area contributed by atoms with Crippen LogP contribution < -0.4 is 16.1 Å². The van der Waals surface area contributed by atoms with Crippen LogP contribution in [0.2, 0.25) is 5.02 Å². The van der Waals surface area contributed by atoms with E-state index >= 15 is 0 Å². The Morgan fingerprint density at radius 1 is 1.11 bits per heavy atom. The summed E-state index contributed by atoms with van der Waals surface area (Å²) in [5.74, 6) is -5.59. The van der Waals surface area contributed by atoms with Crippen molar-refractivity contribution < 1.29 is 33.1 Å². The van der Waals surface area contributed by atoms with Crippen molar-refractivity contribution in [2.75, 3.05) is 19.6 Å². The topological polar surface area (TPSA) is 149 Å². The van der Waals surface area contributed by atoms with Crippen LogP contribution in [0.4, 0.5) is 8.78 Å². The number of carbonyl (C=O) groups excluding carboxylic acids is 3. The van der Waals surface area contributed by atoms with Gasteiger partial charge in [-0.25, -0.2) is 8.78 Å². The van der Waals surface area contributed by atoms with Crippen molar-refractivity contribution in [1.82, 2.24) is 20.5 Å². The van der Waals surface area contributed by atoms with E-state index in [-0.39, 0.29) is 31.2 Å². The van der Waals surface area contributed by atoms with E-state index in [9.17, 15) is 32.8 Å². The Balaban J connectivity index is 1.76. The number of H-pyrrole nitrogens is 1. The van der Waals surface area contributed by atoms with Crippen molar-refractivity contribution in [3.05, 3.63) is 61.7 Å². The standard InChI is InChI=1S/C21H15ClF2N4O6S2/c22-19-13(27-12(4-14(19)29)9-1-2-10(23)11(24)3-9)5-15-20(34)28(21(35)36-15)8-17(31)25-6-16(30)26-7-18(32)33/h1-5H,6-8H2,(H,25,31)(H,26,30)(H,27,29)(H,32,33)/b15-5-. The van der Waals surface area contributed by atoms with Gasteiger partial charge < -0.3 is 20.7 Å². The number of aromatic nitrogens is 1. The third kappa shape index (κ3) is 6.53. The van der Waals surface area contributed by atoms with Crippen LogP contribution in [0.5, 0.6) is 0 Å². The molecule has 4 N–H and O–H groups in total. The number of aromatic amines is 1. The number of pyridine rings is 1. The van der Waals surface area contributed by atoms with Crippen molar-refractivity contribution in [2.24, 2.45) is 0 Å². The summed E-state index contributed by atoms with van der Waals surface area (Å²) in [6, 6.07) is 4.12. The van der Waals surface area contributed by atoms with Gasteiger partial charge in [-0.05, 0) is 24.3 Å². The molecule has 0 aliphatic carbocycles. The summed E-state index contributed by atoms with van der Waals surface area (Å²) < 4.78 is 26.9. The highest BCUT2D eigenvalue weighted by Crippen LogP contribution is 2.33. The number of aliphatic carboxylic acids is 1. The highest BCUT2D eigenvalue weighted by molar-refractivity contribution is 8.26. The number of carbonyl (C=O) groups is 4. The number of nitrogens with zero attached hydrogens (tertiary/aromatic N) is 1. The van der Waals surface area contributed by atoms with Gasteiger partial charge in [0.15, 0.2) is 11.6 Å². The van der Waals surface area contributed by atoms with Crippen molar-refractivity contribution in [3.63, 3.8) is 0 Å². The van der Waals surface area contributed by atoms with Crippen LogP contribution in [0.25, 0.3) is 17.3 Å². The summed E-state index contributed by atoms with van der Waals surface area (Å²) in [5.41, 5.74) is -0.360. The van der Waals surface area contributed by atoms with Crippen molar-refractivity contribution in [3.8, 4) is 11.3 Å². The molecule has 0 bridgehead atoms. The minimum atomic E-state index is -1.25. The third-order valence-corrected chi connectivity index (χ3v) is 6.33. The Bertz CT molecular complexity index is 1380. The molecule has 0 radical (unpaired) electrons. The smallest absolute Gasteiger partial charge is 0.322 e. The Kier molecular flexibility index (Phi) is 8.55. The van der Waals surface area contributed by atoms with Gasteiger partial charge in [-0.15, -0.1) is 0 Å². The molecule has 0 unspecified atom stereocenters. The van der Waals surface area contributed by atoms with Gasteiger partial charge in [0.25, 0.3) is 5.91 Å². The first-order valence-corrected chi connectivity index (χ1v) is 11.5. The van der Waals surface area contributed by atoms with E-state index < -0.39 is 60.4 Å². The van der Waals surface area contributed by atoms with Gasteiger partial charge in [0.05, 0.1) is 17.1 Å². The van der Waals surface area contributed by atoms with Crippen molar-refractivity contribution in [1.29, 1.82) is 0 Å². The number of carboxylic acids is 1. The van der Waals surface area contributed by atoms with Crippen LogP contribution in [0.3, 0.4) is 0 Å². The lowest BCUT2D eigenvalue weighted by Gasteiger charge is -2.14. The molecule has 1 saturated heterocycles. The SMILES string of the molecule is O=C(O)CNC(=O)CNC(=O)CN1C(=O)/C(=C/c2[nH]c(-c3ccc(F)c(F)c3)cc(=O)c2Cl)SC1=S. The van der Waals surface area contributed by atoms with Crippen LogP contribution in [0, 0.1) is 11.6 Å². The van der Waals surface area contributed by atoms with Gasteiger partial charge in [-0.1, -0.05) is 35.6 Å². The maximum absolute atomic E-state index is 13.6. The van der Waals surface area contributed by atoms with E-state index in [2.05, 4.69) is 15.6 Å². The van der Waals surface area contributed by atoms with E-state index in [0.29, 0.717) is 0 Å². The molecule has 2 aromatic rings. The number of halogens is 3. The zero-order valence-electron chi connectivity index (χ0n) is 17.9. The largest absolute Gasteiger partial charge is 0.480 e. The number of carboxylic acid groups (broad SMARTS) is 1. The molecule has 0 spiro atoms. The summed E-state index contributed by atoms with van der Waals surface area (Å²) in [6.07, 6.45) is 1.24. The average Bonchev–Trinajstić information content (AvgIpc) is 3.08. The molecule has 1 aliphatic rings. The van der Waals surface area contributed by atoms with Crippen molar-refractivity contribution in [2.45, 2.75) is 0 Å². The predicted molar refractivity (Wildman–Crippen MR) is 131 cm³/mol. The molecular formula is C21H15ClF2N4O6S2. The molecule has 1 aromatic carbocycles. The summed E-state index contributed by atoms with van der Waals surface area (Å²) >= 11 is 12.1. The van der Waals surface area contributed by atoms with Crippen LogP contribution in [-0.2, 0) is 19.2 Å². The Labute approximate surface area is 215 Å².